The van der Waals surface area contributed by atoms with Gasteiger partial charge in [0.15, 0.2) is 0 Å². The number of halogens is 1. The highest BCUT2D eigenvalue weighted by Crippen LogP contribution is 2.28. The van der Waals surface area contributed by atoms with Gasteiger partial charge in [0, 0.05) is 18.1 Å². The van der Waals surface area contributed by atoms with E-state index in [0.717, 1.165) is 21.4 Å². The van der Waals surface area contributed by atoms with Gasteiger partial charge in [0.25, 0.3) is 10.0 Å². The van der Waals surface area contributed by atoms with Crippen LogP contribution in [0, 0.1) is 5.82 Å². The number of thioether (sulfide) groups is 1. The van der Waals surface area contributed by atoms with E-state index in [9.17, 15) is 17.6 Å². The van der Waals surface area contributed by atoms with E-state index in [2.05, 4.69) is 5.32 Å². The lowest BCUT2D eigenvalue weighted by atomic mass is 10.2. The monoisotopic (exact) mass is 464 g/mol. The zero-order valence-electron chi connectivity index (χ0n) is 16.0. The van der Waals surface area contributed by atoms with Crippen molar-refractivity contribution in [1.29, 1.82) is 0 Å². The van der Waals surface area contributed by atoms with Gasteiger partial charge >= 0.3 is 0 Å². The molecule has 0 saturated heterocycles. The SMILES string of the molecule is O=C(CN(c1ccccc1F)S(=O)(=O)c1cccs1)NCCSCc1ccccc1. The van der Waals surface area contributed by atoms with E-state index in [1.165, 1.54) is 35.9 Å². The summed E-state index contributed by atoms with van der Waals surface area (Å²) in [6.45, 7) is -0.106. The predicted molar refractivity (Wildman–Crippen MR) is 121 cm³/mol. The Labute approximate surface area is 184 Å². The molecule has 9 heteroatoms. The summed E-state index contributed by atoms with van der Waals surface area (Å²) in [7, 11) is -4.05. The zero-order chi connectivity index (χ0) is 21.4. The molecule has 1 amide bonds. The first-order valence-corrected chi connectivity index (χ1v) is 12.6. The summed E-state index contributed by atoms with van der Waals surface area (Å²) >= 11 is 2.69. The molecule has 0 unspecified atom stereocenters. The minimum absolute atomic E-state index is 0.0527. The molecule has 158 valence electrons. The van der Waals surface area contributed by atoms with Crippen LogP contribution in [0.25, 0.3) is 0 Å². The first-order chi connectivity index (χ1) is 14.5. The standard InChI is InChI=1S/C21H21FN2O3S3/c22-18-9-4-5-10-19(18)24(30(26,27)21-11-6-13-29-21)15-20(25)23-12-14-28-16-17-7-2-1-3-8-17/h1-11,13H,12,14-16H2,(H,23,25). The first-order valence-electron chi connectivity index (χ1n) is 9.17. The molecule has 0 spiro atoms. The molecule has 3 rings (SSSR count). The fraction of sp³-hybridized carbons (Fsp3) is 0.190. The van der Waals surface area contributed by atoms with Gasteiger partial charge in [0.05, 0.1) is 5.69 Å². The van der Waals surface area contributed by atoms with Crippen LogP contribution in [0.2, 0.25) is 0 Å². The van der Waals surface area contributed by atoms with Crippen LogP contribution < -0.4 is 9.62 Å². The number of nitrogens with zero attached hydrogens (tertiary/aromatic N) is 1. The Bertz CT molecular complexity index is 1060. The van der Waals surface area contributed by atoms with Crippen molar-refractivity contribution in [2.75, 3.05) is 23.1 Å². The number of nitrogens with one attached hydrogen (secondary N) is 1. The van der Waals surface area contributed by atoms with Crippen LogP contribution in [0.1, 0.15) is 5.56 Å². The molecule has 0 aliphatic heterocycles. The summed E-state index contributed by atoms with van der Waals surface area (Å²) < 4.78 is 41.2. The second-order valence-electron chi connectivity index (χ2n) is 6.28. The van der Waals surface area contributed by atoms with E-state index >= 15 is 0 Å². The summed E-state index contributed by atoms with van der Waals surface area (Å²) in [5, 5.41) is 4.34. The van der Waals surface area contributed by atoms with Crippen molar-refractivity contribution in [2.45, 2.75) is 9.96 Å². The molecule has 0 atom stereocenters. The molecule has 0 radical (unpaired) electrons. The minimum atomic E-state index is -4.05. The van der Waals surface area contributed by atoms with Crippen molar-refractivity contribution in [3.8, 4) is 0 Å². The molecular formula is C21H21FN2O3S3. The molecule has 0 saturated carbocycles. The first kappa shape index (κ1) is 22.3. The molecule has 2 aromatic carbocycles. The Balaban J connectivity index is 1.62. The van der Waals surface area contributed by atoms with E-state index in [-0.39, 0.29) is 9.90 Å². The second kappa shape index (κ2) is 10.6. The molecule has 0 bridgehead atoms. The van der Waals surface area contributed by atoms with E-state index in [4.69, 9.17) is 0 Å². The van der Waals surface area contributed by atoms with Gasteiger partial charge in [-0.05, 0) is 29.1 Å². The van der Waals surface area contributed by atoms with Gasteiger partial charge in [-0.15, -0.1) is 11.3 Å². The van der Waals surface area contributed by atoms with Crippen molar-refractivity contribution >= 4 is 44.7 Å². The molecular weight excluding hydrogens is 443 g/mol. The zero-order valence-corrected chi connectivity index (χ0v) is 18.5. The van der Waals surface area contributed by atoms with Crippen molar-refractivity contribution in [3.63, 3.8) is 0 Å². The summed E-state index contributed by atoms with van der Waals surface area (Å²) in [6.07, 6.45) is 0. The third kappa shape index (κ3) is 5.84. The van der Waals surface area contributed by atoms with Crippen LogP contribution in [0.5, 0.6) is 0 Å². The van der Waals surface area contributed by atoms with Gasteiger partial charge in [-0.3, -0.25) is 9.10 Å². The topological polar surface area (TPSA) is 66.5 Å². The lowest BCUT2D eigenvalue weighted by Gasteiger charge is -2.23. The van der Waals surface area contributed by atoms with Crippen LogP contribution in [-0.2, 0) is 20.6 Å². The highest BCUT2D eigenvalue weighted by atomic mass is 32.2. The van der Waals surface area contributed by atoms with Crippen LogP contribution in [0.3, 0.4) is 0 Å². The summed E-state index contributed by atoms with van der Waals surface area (Å²) in [5.41, 5.74) is 1.04. The van der Waals surface area contributed by atoms with Gasteiger partial charge in [-0.25, -0.2) is 12.8 Å². The number of sulfonamides is 1. The lowest BCUT2D eigenvalue weighted by Crippen LogP contribution is -2.41. The maximum atomic E-state index is 14.3. The number of carbonyl (C=O) groups is 1. The molecule has 1 N–H and O–H groups in total. The van der Waals surface area contributed by atoms with Crippen molar-refractivity contribution in [2.24, 2.45) is 0 Å². The fourth-order valence-corrected chi connectivity index (χ4v) is 6.04. The van der Waals surface area contributed by atoms with Crippen molar-refractivity contribution in [1.82, 2.24) is 5.32 Å². The molecule has 0 fully saturated rings. The Morgan fingerprint density at radius 1 is 1.03 bits per heavy atom. The number of amides is 1. The van der Waals surface area contributed by atoms with Crippen molar-refractivity contribution < 1.29 is 17.6 Å². The summed E-state index contributed by atoms with van der Waals surface area (Å²) in [6, 6.07) is 18.5. The third-order valence-corrected chi connectivity index (χ3v) is 8.29. The number of hydrogen-bond acceptors (Lipinski definition) is 5. The van der Waals surface area contributed by atoms with Crippen molar-refractivity contribution in [3.05, 3.63) is 83.5 Å². The molecule has 5 nitrogen and oxygen atoms in total. The summed E-state index contributed by atoms with van der Waals surface area (Å²) in [5.74, 6) is 0.311. The highest BCUT2D eigenvalue weighted by molar-refractivity contribution is 7.98. The average molecular weight is 465 g/mol. The maximum Gasteiger partial charge on any atom is 0.274 e. The largest absolute Gasteiger partial charge is 0.354 e. The number of rotatable bonds is 10. The number of thiophene rings is 1. The Morgan fingerprint density at radius 2 is 1.77 bits per heavy atom. The molecule has 1 heterocycles. The third-order valence-electron chi connectivity index (χ3n) is 4.13. The van der Waals surface area contributed by atoms with Crippen LogP contribution in [-0.4, -0.2) is 33.2 Å². The van der Waals surface area contributed by atoms with Crippen LogP contribution >= 0.6 is 23.1 Å². The number of hydrogen-bond donors (Lipinski definition) is 1. The number of para-hydroxylation sites is 1. The van der Waals surface area contributed by atoms with E-state index in [1.54, 1.807) is 23.2 Å². The van der Waals surface area contributed by atoms with E-state index < -0.39 is 28.3 Å². The smallest absolute Gasteiger partial charge is 0.274 e. The Morgan fingerprint density at radius 3 is 2.47 bits per heavy atom. The summed E-state index contributed by atoms with van der Waals surface area (Å²) in [4.78, 5) is 12.4. The Kier molecular flexibility index (Phi) is 7.89. The quantitative estimate of drug-likeness (QED) is 0.458. The number of benzene rings is 2. The molecule has 0 aliphatic carbocycles. The predicted octanol–water partition coefficient (Wildman–Crippen LogP) is 4.13. The normalized spacial score (nSPS) is 11.2. The lowest BCUT2D eigenvalue weighted by molar-refractivity contribution is -0.119. The van der Waals surface area contributed by atoms with Gasteiger partial charge in [0.1, 0.15) is 16.6 Å². The molecule has 3 aromatic rings. The van der Waals surface area contributed by atoms with Crippen LogP contribution in [0.4, 0.5) is 10.1 Å². The van der Waals surface area contributed by atoms with E-state index in [0.29, 0.717) is 12.3 Å². The minimum Gasteiger partial charge on any atom is -0.354 e. The molecule has 30 heavy (non-hydrogen) atoms. The van der Waals surface area contributed by atoms with Gasteiger partial charge in [-0.1, -0.05) is 48.5 Å². The fourth-order valence-electron chi connectivity index (χ4n) is 2.69. The number of carbonyl (C=O) groups excluding carboxylic acids is 1. The second-order valence-corrected chi connectivity index (χ2v) is 10.4. The van der Waals surface area contributed by atoms with Gasteiger partial charge in [-0.2, -0.15) is 11.8 Å². The molecule has 0 aliphatic rings. The van der Waals surface area contributed by atoms with Gasteiger partial charge in [0.2, 0.25) is 5.91 Å². The Hall–Kier alpha value is -2.36. The van der Waals surface area contributed by atoms with Crippen LogP contribution in [0.15, 0.2) is 76.3 Å². The number of anilines is 1. The van der Waals surface area contributed by atoms with Gasteiger partial charge < -0.3 is 5.32 Å². The average Bonchev–Trinajstić information content (AvgIpc) is 3.29. The highest BCUT2D eigenvalue weighted by Gasteiger charge is 2.29. The molecule has 1 aromatic heterocycles. The van der Waals surface area contributed by atoms with E-state index in [1.807, 2.05) is 30.3 Å². The maximum absolute atomic E-state index is 14.3.